The molecule has 0 spiro atoms. The molecule has 0 radical (unpaired) electrons. The van der Waals surface area contributed by atoms with E-state index < -0.39 is 17.7 Å². The molecule has 0 aliphatic carbocycles. The molecule has 2 N–H and O–H groups in total. The number of methoxy groups -OCH3 is 2. The Kier molecular flexibility index (Phi) is 6.76. The fourth-order valence-electron chi connectivity index (χ4n) is 4.79. The number of hydrogen-bond acceptors (Lipinski definition) is 5. The van der Waals surface area contributed by atoms with Crippen LogP contribution in [-0.2, 0) is 16.0 Å². The number of likely N-dealkylation sites (tertiary alicyclic amines) is 1. The number of Topliss-reactive ketones (excluding diaryl/α,β-unsaturated/α-hetero) is 1. The van der Waals surface area contributed by atoms with Crippen molar-refractivity contribution in [1.82, 2.24) is 9.88 Å². The number of benzene rings is 3. The summed E-state index contributed by atoms with van der Waals surface area (Å²) in [6.45, 7) is 0.279. The molecular formula is C29H25BrN2O5. The molecule has 4 aromatic rings. The lowest BCUT2D eigenvalue weighted by molar-refractivity contribution is -0.139. The maximum Gasteiger partial charge on any atom is 0.295 e. The zero-order valence-electron chi connectivity index (χ0n) is 20.3. The standard InChI is InChI=1S/C29H25BrN2O5/c1-36-21-8-4-6-18(14-21)27(33)25-26(17-5-3-7-20(30)13-17)32(29(35)28(25)34)12-11-19-16-31-24-10-9-22(37-2)15-23(19)24/h3-10,13-16,26,31,33H,11-12H2,1-2H3/t26-/m1/s1. The Labute approximate surface area is 222 Å². The average Bonchev–Trinajstić information content (AvgIpc) is 3.44. The number of hydrogen-bond donors (Lipinski definition) is 2. The van der Waals surface area contributed by atoms with E-state index in [1.54, 1.807) is 31.4 Å². The van der Waals surface area contributed by atoms with Crippen molar-refractivity contribution in [2.45, 2.75) is 12.5 Å². The molecule has 1 fully saturated rings. The van der Waals surface area contributed by atoms with Gasteiger partial charge in [0.2, 0.25) is 0 Å². The second kappa shape index (κ2) is 10.1. The summed E-state index contributed by atoms with van der Waals surface area (Å²) in [5.41, 5.74) is 3.13. The molecule has 1 aliphatic heterocycles. The molecule has 1 aliphatic rings. The molecule has 188 valence electrons. The summed E-state index contributed by atoms with van der Waals surface area (Å²) in [7, 11) is 3.15. The van der Waals surface area contributed by atoms with E-state index in [1.165, 1.54) is 12.0 Å². The number of rotatable bonds is 7. The number of aromatic nitrogens is 1. The van der Waals surface area contributed by atoms with Crippen LogP contribution in [0.1, 0.15) is 22.7 Å². The van der Waals surface area contributed by atoms with Crippen LogP contribution in [0.5, 0.6) is 11.5 Å². The molecule has 1 amide bonds. The van der Waals surface area contributed by atoms with Gasteiger partial charge >= 0.3 is 0 Å². The smallest absolute Gasteiger partial charge is 0.295 e. The average molecular weight is 561 g/mol. The third-order valence-electron chi connectivity index (χ3n) is 6.64. The summed E-state index contributed by atoms with van der Waals surface area (Å²) < 4.78 is 11.5. The van der Waals surface area contributed by atoms with Crippen molar-refractivity contribution in [2.75, 3.05) is 20.8 Å². The van der Waals surface area contributed by atoms with E-state index in [-0.39, 0.29) is 17.9 Å². The van der Waals surface area contributed by atoms with Gasteiger partial charge in [-0.05, 0) is 60.0 Å². The molecule has 0 saturated carbocycles. The molecule has 2 heterocycles. The molecule has 5 rings (SSSR count). The number of carbonyl (C=O) groups is 2. The minimum absolute atomic E-state index is 0.0527. The summed E-state index contributed by atoms with van der Waals surface area (Å²) in [4.78, 5) is 31.5. The van der Waals surface area contributed by atoms with Crippen LogP contribution in [0.2, 0.25) is 0 Å². The van der Waals surface area contributed by atoms with Crippen molar-refractivity contribution in [2.24, 2.45) is 0 Å². The van der Waals surface area contributed by atoms with Gasteiger partial charge in [-0.15, -0.1) is 0 Å². The van der Waals surface area contributed by atoms with E-state index in [9.17, 15) is 14.7 Å². The Morgan fingerprint density at radius 1 is 1.00 bits per heavy atom. The number of ketones is 1. The SMILES string of the molecule is COc1cccc(C(O)=C2C(=O)C(=O)N(CCc3c[nH]c4ccc(OC)cc34)[C@@H]2c2cccc(Br)c2)c1. The highest BCUT2D eigenvalue weighted by Crippen LogP contribution is 2.40. The number of amides is 1. The molecule has 8 heteroatoms. The third kappa shape index (κ3) is 4.60. The van der Waals surface area contributed by atoms with Crippen LogP contribution in [0.3, 0.4) is 0 Å². The van der Waals surface area contributed by atoms with Gasteiger partial charge in [0.15, 0.2) is 0 Å². The number of ether oxygens (including phenoxy) is 2. The van der Waals surface area contributed by atoms with Gasteiger partial charge in [0.05, 0.1) is 25.8 Å². The van der Waals surface area contributed by atoms with E-state index in [4.69, 9.17) is 9.47 Å². The Morgan fingerprint density at radius 3 is 2.51 bits per heavy atom. The summed E-state index contributed by atoms with van der Waals surface area (Å²) in [6.07, 6.45) is 2.41. The first-order valence-corrected chi connectivity index (χ1v) is 12.5. The Balaban J connectivity index is 1.56. The first-order chi connectivity index (χ1) is 17.9. The number of H-pyrrole nitrogens is 1. The predicted molar refractivity (Wildman–Crippen MR) is 145 cm³/mol. The minimum atomic E-state index is -0.747. The quantitative estimate of drug-likeness (QED) is 0.174. The molecule has 1 saturated heterocycles. The van der Waals surface area contributed by atoms with Crippen LogP contribution < -0.4 is 9.47 Å². The molecule has 1 atom stereocenters. The topological polar surface area (TPSA) is 91.9 Å². The normalized spacial score (nSPS) is 16.9. The molecule has 3 aromatic carbocycles. The maximum absolute atomic E-state index is 13.3. The fourth-order valence-corrected chi connectivity index (χ4v) is 5.21. The molecule has 0 bridgehead atoms. The summed E-state index contributed by atoms with van der Waals surface area (Å²) in [5, 5.41) is 12.3. The number of fused-ring (bicyclic) bond motifs is 1. The molecule has 1 aromatic heterocycles. The van der Waals surface area contributed by atoms with Crippen LogP contribution in [0, 0.1) is 0 Å². The molecule has 0 unspecified atom stereocenters. The first-order valence-electron chi connectivity index (χ1n) is 11.7. The minimum Gasteiger partial charge on any atom is -0.507 e. The highest BCUT2D eigenvalue weighted by atomic mass is 79.9. The number of halogens is 1. The van der Waals surface area contributed by atoms with Crippen LogP contribution in [0.4, 0.5) is 0 Å². The van der Waals surface area contributed by atoms with Crippen molar-refractivity contribution >= 4 is 44.3 Å². The van der Waals surface area contributed by atoms with Gasteiger partial charge in [-0.1, -0.05) is 40.2 Å². The zero-order valence-corrected chi connectivity index (χ0v) is 21.9. The monoisotopic (exact) mass is 560 g/mol. The Bertz CT molecular complexity index is 1540. The number of aromatic amines is 1. The van der Waals surface area contributed by atoms with Crippen molar-refractivity contribution < 1.29 is 24.2 Å². The van der Waals surface area contributed by atoms with Gasteiger partial charge in [-0.25, -0.2) is 0 Å². The van der Waals surface area contributed by atoms with Crippen LogP contribution in [0.15, 0.2) is 83.0 Å². The summed E-state index contributed by atoms with van der Waals surface area (Å²) in [5.74, 6) is -0.326. The largest absolute Gasteiger partial charge is 0.507 e. The number of carbonyl (C=O) groups excluding carboxylic acids is 2. The Hall–Kier alpha value is -4.04. The van der Waals surface area contributed by atoms with Crippen molar-refractivity contribution in [3.05, 3.63) is 99.7 Å². The Morgan fingerprint density at radius 2 is 1.76 bits per heavy atom. The van der Waals surface area contributed by atoms with E-state index >= 15 is 0 Å². The summed E-state index contributed by atoms with van der Waals surface area (Å²) >= 11 is 3.49. The number of nitrogens with one attached hydrogen (secondary N) is 1. The van der Waals surface area contributed by atoms with E-state index in [0.29, 0.717) is 17.7 Å². The van der Waals surface area contributed by atoms with Crippen molar-refractivity contribution in [3.8, 4) is 11.5 Å². The van der Waals surface area contributed by atoms with Gasteiger partial charge in [0.1, 0.15) is 17.3 Å². The molecule has 37 heavy (non-hydrogen) atoms. The maximum atomic E-state index is 13.3. The lowest BCUT2D eigenvalue weighted by atomic mass is 9.95. The number of nitrogens with zero attached hydrogens (tertiary/aromatic N) is 1. The first kappa shape index (κ1) is 24.6. The zero-order chi connectivity index (χ0) is 26.1. The molecular weight excluding hydrogens is 536 g/mol. The highest BCUT2D eigenvalue weighted by Gasteiger charge is 2.46. The van der Waals surface area contributed by atoms with Crippen LogP contribution in [0.25, 0.3) is 16.7 Å². The van der Waals surface area contributed by atoms with E-state index in [2.05, 4.69) is 20.9 Å². The third-order valence-corrected chi connectivity index (χ3v) is 7.14. The van der Waals surface area contributed by atoms with Crippen LogP contribution >= 0.6 is 15.9 Å². The van der Waals surface area contributed by atoms with Gasteiger partial charge in [-0.2, -0.15) is 0 Å². The number of aliphatic hydroxyl groups is 1. The number of aliphatic hydroxyl groups excluding tert-OH is 1. The van der Waals surface area contributed by atoms with E-state index in [1.807, 2.05) is 48.7 Å². The predicted octanol–water partition coefficient (Wildman–Crippen LogP) is 5.61. The van der Waals surface area contributed by atoms with E-state index in [0.717, 1.165) is 32.3 Å². The lowest BCUT2D eigenvalue weighted by Crippen LogP contribution is -2.31. The highest BCUT2D eigenvalue weighted by molar-refractivity contribution is 9.10. The van der Waals surface area contributed by atoms with Gasteiger partial charge in [-0.3, -0.25) is 9.59 Å². The van der Waals surface area contributed by atoms with Gasteiger partial charge < -0.3 is 24.5 Å². The summed E-state index contributed by atoms with van der Waals surface area (Å²) in [6, 6.07) is 19.2. The second-order valence-electron chi connectivity index (χ2n) is 8.75. The van der Waals surface area contributed by atoms with Gasteiger partial charge in [0.25, 0.3) is 11.7 Å². The fraction of sp³-hybridized carbons (Fsp3) is 0.172. The lowest BCUT2D eigenvalue weighted by Gasteiger charge is -2.25. The van der Waals surface area contributed by atoms with Crippen LogP contribution in [-0.4, -0.2) is 47.4 Å². The van der Waals surface area contributed by atoms with Crippen molar-refractivity contribution in [1.29, 1.82) is 0 Å². The van der Waals surface area contributed by atoms with Crippen molar-refractivity contribution in [3.63, 3.8) is 0 Å². The van der Waals surface area contributed by atoms with Gasteiger partial charge in [0, 0.05) is 33.7 Å². The molecule has 7 nitrogen and oxygen atoms in total. The second-order valence-corrected chi connectivity index (χ2v) is 9.67.